The highest BCUT2D eigenvalue weighted by molar-refractivity contribution is 6.09. The molecule has 3 aromatic carbocycles. The van der Waals surface area contributed by atoms with Crippen molar-refractivity contribution < 1.29 is 9.59 Å². The fourth-order valence-electron chi connectivity index (χ4n) is 4.23. The Balaban J connectivity index is 1.71. The van der Waals surface area contributed by atoms with Gasteiger partial charge in [0.05, 0.1) is 6.67 Å². The van der Waals surface area contributed by atoms with Gasteiger partial charge in [0.15, 0.2) is 5.54 Å². The van der Waals surface area contributed by atoms with Crippen molar-refractivity contribution in [3.05, 3.63) is 107 Å². The lowest BCUT2D eigenvalue weighted by atomic mass is 9.81. The van der Waals surface area contributed by atoms with Gasteiger partial charge in [-0.15, -0.1) is 0 Å². The Labute approximate surface area is 189 Å². The summed E-state index contributed by atoms with van der Waals surface area (Å²) in [4.78, 5) is 30.6. The van der Waals surface area contributed by atoms with E-state index in [2.05, 4.69) is 22.3 Å². The van der Waals surface area contributed by atoms with Crippen molar-refractivity contribution in [1.29, 1.82) is 0 Å². The zero-order valence-corrected chi connectivity index (χ0v) is 18.8. The molecule has 4 rings (SSSR count). The average molecular weight is 428 g/mol. The van der Waals surface area contributed by atoms with Crippen molar-refractivity contribution in [2.24, 2.45) is 0 Å². The molecule has 1 fully saturated rings. The highest BCUT2D eigenvalue weighted by atomic mass is 16.2. The second kappa shape index (κ2) is 8.97. The van der Waals surface area contributed by atoms with E-state index in [0.29, 0.717) is 13.1 Å². The van der Waals surface area contributed by atoms with Gasteiger partial charge in [-0.2, -0.15) is 0 Å². The molecule has 5 nitrogen and oxygen atoms in total. The van der Waals surface area contributed by atoms with Crippen LogP contribution in [0.3, 0.4) is 0 Å². The molecule has 0 saturated carbocycles. The van der Waals surface area contributed by atoms with Crippen LogP contribution in [0.25, 0.3) is 0 Å². The number of nitrogens with zero attached hydrogens (tertiary/aromatic N) is 2. The van der Waals surface area contributed by atoms with E-state index in [1.165, 1.54) is 4.90 Å². The van der Waals surface area contributed by atoms with E-state index in [1.807, 2.05) is 87.5 Å². The predicted octanol–water partition coefficient (Wildman–Crippen LogP) is 4.58. The Kier molecular flexibility index (Phi) is 6.10. The SMILES string of the molecule is CCN(Cc1ccccc1)CN1C(=O)N[C@](c2ccccc2)(c2ccc(C)c(C)c2)C1=O. The summed E-state index contributed by atoms with van der Waals surface area (Å²) in [5.74, 6) is -0.247. The van der Waals surface area contributed by atoms with Gasteiger partial charge in [-0.3, -0.25) is 9.69 Å². The normalized spacial score (nSPS) is 18.3. The maximum absolute atomic E-state index is 14.0. The Morgan fingerprint density at radius 2 is 1.50 bits per heavy atom. The van der Waals surface area contributed by atoms with Crippen LogP contribution >= 0.6 is 0 Å². The maximum atomic E-state index is 14.0. The van der Waals surface area contributed by atoms with Crippen LogP contribution in [0.15, 0.2) is 78.9 Å². The second-order valence-electron chi connectivity index (χ2n) is 8.35. The average Bonchev–Trinajstić information content (AvgIpc) is 3.07. The number of rotatable bonds is 7. The first-order valence-corrected chi connectivity index (χ1v) is 11.0. The Morgan fingerprint density at radius 3 is 2.12 bits per heavy atom. The molecule has 3 amide bonds. The third-order valence-corrected chi connectivity index (χ3v) is 6.29. The van der Waals surface area contributed by atoms with E-state index in [9.17, 15) is 9.59 Å². The highest BCUT2D eigenvalue weighted by Crippen LogP contribution is 2.37. The fourth-order valence-corrected chi connectivity index (χ4v) is 4.23. The predicted molar refractivity (Wildman–Crippen MR) is 126 cm³/mol. The van der Waals surface area contributed by atoms with Gasteiger partial charge in [0.2, 0.25) is 0 Å². The molecular weight excluding hydrogens is 398 g/mol. The molecule has 1 aliphatic heterocycles. The summed E-state index contributed by atoms with van der Waals surface area (Å²) in [5.41, 5.74) is 3.67. The van der Waals surface area contributed by atoms with Crippen molar-refractivity contribution in [3.63, 3.8) is 0 Å². The van der Waals surface area contributed by atoms with E-state index in [4.69, 9.17) is 0 Å². The molecule has 0 radical (unpaired) electrons. The Hall–Kier alpha value is -3.44. The molecule has 1 saturated heterocycles. The van der Waals surface area contributed by atoms with Gasteiger partial charge in [-0.05, 0) is 48.2 Å². The van der Waals surface area contributed by atoms with Gasteiger partial charge in [0, 0.05) is 6.54 Å². The maximum Gasteiger partial charge on any atom is 0.326 e. The number of urea groups is 1. The molecule has 5 heteroatoms. The van der Waals surface area contributed by atoms with Gasteiger partial charge in [0.25, 0.3) is 5.91 Å². The van der Waals surface area contributed by atoms with Crippen LogP contribution in [0.2, 0.25) is 0 Å². The Bertz CT molecular complexity index is 1110. The number of hydrogen-bond acceptors (Lipinski definition) is 3. The van der Waals surface area contributed by atoms with E-state index in [1.54, 1.807) is 0 Å². The summed E-state index contributed by atoms with van der Waals surface area (Å²) in [5, 5.41) is 3.05. The van der Waals surface area contributed by atoms with Crippen molar-refractivity contribution in [1.82, 2.24) is 15.1 Å². The van der Waals surface area contributed by atoms with Gasteiger partial charge in [-0.25, -0.2) is 9.69 Å². The minimum atomic E-state index is -1.23. The first-order valence-electron chi connectivity index (χ1n) is 11.0. The highest BCUT2D eigenvalue weighted by Gasteiger charge is 2.54. The van der Waals surface area contributed by atoms with E-state index >= 15 is 0 Å². The lowest BCUT2D eigenvalue weighted by molar-refractivity contribution is -0.131. The molecular formula is C27H29N3O2. The third-order valence-electron chi connectivity index (χ3n) is 6.29. The molecule has 0 spiro atoms. The van der Waals surface area contributed by atoms with E-state index in [-0.39, 0.29) is 18.6 Å². The molecule has 0 aliphatic carbocycles. The zero-order valence-electron chi connectivity index (χ0n) is 18.8. The summed E-state index contributed by atoms with van der Waals surface area (Å²) < 4.78 is 0. The smallest absolute Gasteiger partial charge is 0.315 e. The lowest BCUT2D eigenvalue weighted by Gasteiger charge is -2.30. The van der Waals surface area contributed by atoms with Gasteiger partial charge in [0.1, 0.15) is 0 Å². The van der Waals surface area contributed by atoms with Gasteiger partial charge >= 0.3 is 6.03 Å². The minimum Gasteiger partial charge on any atom is -0.315 e. The van der Waals surface area contributed by atoms with Gasteiger partial charge < -0.3 is 5.32 Å². The summed E-state index contributed by atoms with van der Waals surface area (Å²) in [6, 6.07) is 25.2. The van der Waals surface area contributed by atoms with Crippen LogP contribution < -0.4 is 5.32 Å². The molecule has 1 atom stereocenters. The van der Waals surface area contributed by atoms with Crippen LogP contribution in [-0.2, 0) is 16.9 Å². The van der Waals surface area contributed by atoms with Crippen LogP contribution in [0, 0.1) is 13.8 Å². The molecule has 0 bridgehead atoms. The number of carbonyl (C=O) groups excluding carboxylic acids is 2. The molecule has 1 heterocycles. The van der Waals surface area contributed by atoms with Crippen LogP contribution in [0.1, 0.15) is 34.7 Å². The number of imide groups is 1. The summed E-state index contributed by atoms with van der Waals surface area (Å²) >= 11 is 0. The molecule has 164 valence electrons. The number of amides is 3. The van der Waals surface area contributed by atoms with Crippen LogP contribution in [-0.4, -0.2) is 35.0 Å². The molecule has 3 aromatic rings. The quantitative estimate of drug-likeness (QED) is 0.562. The van der Waals surface area contributed by atoms with Crippen molar-refractivity contribution in [3.8, 4) is 0 Å². The standard InChI is InChI=1S/C27H29N3O2/c1-4-29(18-22-11-7-5-8-12-22)19-30-25(31)27(28-26(30)32,23-13-9-6-10-14-23)24-16-15-20(2)21(3)17-24/h5-17H,4,18-19H2,1-3H3,(H,28,32)/t27-/m1/s1. The minimum absolute atomic E-state index is 0.232. The van der Waals surface area contributed by atoms with Crippen molar-refractivity contribution in [2.75, 3.05) is 13.2 Å². The van der Waals surface area contributed by atoms with Crippen molar-refractivity contribution in [2.45, 2.75) is 32.9 Å². The fraction of sp³-hybridized carbons (Fsp3) is 0.259. The molecule has 1 N–H and O–H groups in total. The second-order valence-corrected chi connectivity index (χ2v) is 8.35. The molecule has 1 aliphatic rings. The zero-order chi connectivity index (χ0) is 22.7. The molecule has 0 unspecified atom stereocenters. The summed E-state index contributed by atoms with van der Waals surface area (Å²) in [7, 11) is 0. The first-order chi connectivity index (χ1) is 15.5. The Morgan fingerprint density at radius 1 is 0.844 bits per heavy atom. The number of carbonyl (C=O) groups is 2. The topological polar surface area (TPSA) is 52.6 Å². The largest absolute Gasteiger partial charge is 0.326 e. The monoisotopic (exact) mass is 427 g/mol. The third kappa shape index (κ3) is 3.92. The van der Waals surface area contributed by atoms with E-state index < -0.39 is 5.54 Å². The first kappa shape index (κ1) is 21.8. The number of nitrogens with one attached hydrogen (secondary N) is 1. The van der Waals surface area contributed by atoms with Crippen LogP contribution in [0.5, 0.6) is 0 Å². The summed E-state index contributed by atoms with van der Waals surface area (Å²) in [6.45, 7) is 7.71. The van der Waals surface area contributed by atoms with Crippen molar-refractivity contribution >= 4 is 11.9 Å². The van der Waals surface area contributed by atoms with Gasteiger partial charge in [-0.1, -0.05) is 85.8 Å². The number of aryl methyl sites for hydroxylation is 2. The molecule has 0 aromatic heterocycles. The number of benzene rings is 3. The van der Waals surface area contributed by atoms with E-state index in [0.717, 1.165) is 27.8 Å². The summed E-state index contributed by atoms with van der Waals surface area (Å²) in [6.07, 6.45) is 0. The number of hydrogen-bond donors (Lipinski definition) is 1. The molecule has 32 heavy (non-hydrogen) atoms. The lowest BCUT2D eigenvalue weighted by Crippen LogP contribution is -2.46. The van der Waals surface area contributed by atoms with Crippen LogP contribution in [0.4, 0.5) is 4.79 Å².